The lowest BCUT2D eigenvalue weighted by Crippen LogP contribution is -2.37. The molecule has 0 bridgehead atoms. The van der Waals surface area contributed by atoms with E-state index < -0.39 is 0 Å². The highest BCUT2D eigenvalue weighted by Crippen LogP contribution is 2.12. The summed E-state index contributed by atoms with van der Waals surface area (Å²) in [6, 6.07) is 3.21. The van der Waals surface area contributed by atoms with Gasteiger partial charge in [-0.15, -0.1) is 0 Å². The molecule has 0 aliphatic carbocycles. The second kappa shape index (κ2) is 6.70. The molecule has 1 saturated heterocycles. The van der Waals surface area contributed by atoms with Crippen LogP contribution in [0.15, 0.2) is 18.3 Å². The van der Waals surface area contributed by atoms with Crippen molar-refractivity contribution < 1.29 is 9.59 Å². The molecule has 2 heterocycles. The molecular formula is C14H18ClN3O2. The van der Waals surface area contributed by atoms with Crippen molar-refractivity contribution in [2.45, 2.75) is 19.8 Å². The van der Waals surface area contributed by atoms with Gasteiger partial charge in [0, 0.05) is 43.8 Å². The van der Waals surface area contributed by atoms with Gasteiger partial charge in [-0.05, 0) is 18.6 Å². The minimum atomic E-state index is -0.127. The molecule has 0 N–H and O–H groups in total. The highest BCUT2D eigenvalue weighted by Gasteiger charge is 2.22. The lowest BCUT2D eigenvalue weighted by atomic mass is 10.3. The molecule has 0 atom stereocenters. The molecule has 1 aromatic heterocycles. The Kier molecular flexibility index (Phi) is 4.95. The maximum Gasteiger partial charge on any atom is 0.272 e. The van der Waals surface area contributed by atoms with Crippen molar-refractivity contribution in [3.8, 4) is 0 Å². The van der Waals surface area contributed by atoms with Crippen molar-refractivity contribution in [3.05, 3.63) is 29.0 Å². The van der Waals surface area contributed by atoms with Gasteiger partial charge in [0.2, 0.25) is 5.91 Å². The van der Waals surface area contributed by atoms with Gasteiger partial charge in [-0.2, -0.15) is 0 Å². The first-order valence-electron chi connectivity index (χ1n) is 6.80. The van der Waals surface area contributed by atoms with E-state index in [9.17, 15) is 9.59 Å². The lowest BCUT2D eigenvalue weighted by molar-refractivity contribution is -0.130. The molecule has 0 unspecified atom stereocenters. The Morgan fingerprint density at radius 1 is 1.25 bits per heavy atom. The number of aromatic nitrogens is 1. The Balaban J connectivity index is 2.03. The van der Waals surface area contributed by atoms with E-state index in [4.69, 9.17) is 11.6 Å². The number of rotatable bonds is 2. The summed E-state index contributed by atoms with van der Waals surface area (Å²) in [4.78, 5) is 31.7. The fourth-order valence-electron chi connectivity index (χ4n) is 2.28. The molecule has 0 saturated carbocycles. The van der Waals surface area contributed by atoms with Crippen LogP contribution in [-0.2, 0) is 4.79 Å². The fraction of sp³-hybridized carbons (Fsp3) is 0.500. The van der Waals surface area contributed by atoms with Crippen LogP contribution in [0.1, 0.15) is 30.3 Å². The molecule has 2 rings (SSSR count). The summed E-state index contributed by atoms with van der Waals surface area (Å²) in [7, 11) is 0. The number of amides is 2. The fourth-order valence-corrected chi connectivity index (χ4v) is 2.44. The molecule has 20 heavy (non-hydrogen) atoms. The third kappa shape index (κ3) is 3.48. The molecule has 0 radical (unpaired) electrons. The monoisotopic (exact) mass is 295 g/mol. The average molecular weight is 296 g/mol. The summed E-state index contributed by atoms with van der Waals surface area (Å²) in [5.41, 5.74) is 0.354. The number of carbonyl (C=O) groups is 2. The molecule has 1 aliphatic heterocycles. The van der Waals surface area contributed by atoms with E-state index in [0.717, 1.165) is 6.42 Å². The smallest absolute Gasteiger partial charge is 0.272 e. The minimum absolute atomic E-state index is 0.127. The van der Waals surface area contributed by atoms with Crippen LogP contribution in [0.3, 0.4) is 0 Å². The second-order valence-electron chi connectivity index (χ2n) is 4.74. The van der Waals surface area contributed by atoms with E-state index in [0.29, 0.717) is 43.3 Å². The van der Waals surface area contributed by atoms with E-state index >= 15 is 0 Å². The number of hydrogen-bond acceptors (Lipinski definition) is 3. The highest BCUT2D eigenvalue weighted by atomic mass is 35.5. The number of halogens is 1. The predicted molar refractivity (Wildman–Crippen MR) is 76.6 cm³/mol. The van der Waals surface area contributed by atoms with Gasteiger partial charge in [0.05, 0.1) is 0 Å². The number of carbonyl (C=O) groups excluding carboxylic acids is 2. The molecule has 0 spiro atoms. The second-order valence-corrected chi connectivity index (χ2v) is 5.18. The van der Waals surface area contributed by atoms with Gasteiger partial charge in [0.15, 0.2) is 0 Å². The average Bonchev–Trinajstić information content (AvgIpc) is 2.71. The Morgan fingerprint density at radius 3 is 2.65 bits per heavy atom. The number of hydrogen-bond donors (Lipinski definition) is 0. The third-order valence-electron chi connectivity index (χ3n) is 3.38. The zero-order valence-corrected chi connectivity index (χ0v) is 12.3. The standard InChI is InChI=1S/C14H18ClN3O2/c1-2-13(19)17-6-3-7-18(9-8-17)14(20)12-10-11(15)4-5-16-12/h4-5,10H,2-3,6-9H2,1H3. The molecule has 108 valence electrons. The summed E-state index contributed by atoms with van der Waals surface area (Å²) in [6.07, 6.45) is 2.82. The van der Waals surface area contributed by atoms with E-state index in [2.05, 4.69) is 4.98 Å². The lowest BCUT2D eigenvalue weighted by Gasteiger charge is -2.21. The molecule has 5 nitrogen and oxygen atoms in total. The van der Waals surface area contributed by atoms with Crippen LogP contribution >= 0.6 is 11.6 Å². The molecular weight excluding hydrogens is 278 g/mol. The van der Waals surface area contributed by atoms with Crippen molar-refractivity contribution >= 4 is 23.4 Å². The Bertz CT molecular complexity index is 507. The first-order valence-corrected chi connectivity index (χ1v) is 7.18. The van der Waals surface area contributed by atoms with Gasteiger partial charge < -0.3 is 9.80 Å². The van der Waals surface area contributed by atoms with Crippen LogP contribution in [0.4, 0.5) is 0 Å². The zero-order valence-electron chi connectivity index (χ0n) is 11.5. The van der Waals surface area contributed by atoms with Crippen LogP contribution in [-0.4, -0.2) is 52.8 Å². The Hall–Kier alpha value is -1.62. The molecule has 1 aromatic rings. The molecule has 1 fully saturated rings. The zero-order chi connectivity index (χ0) is 14.5. The van der Waals surface area contributed by atoms with Gasteiger partial charge in [-0.3, -0.25) is 14.6 Å². The molecule has 6 heteroatoms. The van der Waals surface area contributed by atoms with Gasteiger partial charge in [0.1, 0.15) is 5.69 Å². The van der Waals surface area contributed by atoms with Crippen molar-refractivity contribution in [1.29, 1.82) is 0 Å². The van der Waals surface area contributed by atoms with Crippen molar-refractivity contribution in [3.63, 3.8) is 0 Å². The van der Waals surface area contributed by atoms with Crippen molar-refractivity contribution in [2.24, 2.45) is 0 Å². The first-order chi connectivity index (χ1) is 9.61. The normalized spacial score (nSPS) is 15.9. The van der Waals surface area contributed by atoms with Gasteiger partial charge >= 0.3 is 0 Å². The third-order valence-corrected chi connectivity index (χ3v) is 3.61. The maximum atomic E-state index is 12.4. The van der Waals surface area contributed by atoms with Crippen LogP contribution in [0.5, 0.6) is 0 Å². The molecule has 1 aliphatic rings. The van der Waals surface area contributed by atoms with Gasteiger partial charge in [-0.1, -0.05) is 18.5 Å². The Labute approximate surface area is 123 Å². The van der Waals surface area contributed by atoms with E-state index in [1.807, 2.05) is 11.8 Å². The summed E-state index contributed by atoms with van der Waals surface area (Å²) in [5.74, 6) is 0.0125. The van der Waals surface area contributed by atoms with Crippen molar-refractivity contribution in [2.75, 3.05) is 26.2 Å². The highest BCUT2D eigenvalue weighted by molar-refractivity contribution is 6.30. The van der Waals surface area contributed by atoms with Crippen LogP contribution in [0, 0.1) is 0 Å². The van der Waals surface area contributed by atoms with E-state index in [1.54, 1.807) is 17.0 Å². The molecule has 0 aromatic carbocycles. The van der Waals surface area contributed by atoms with Crippen LogP contribution in [0.25, 0.3) is 0 Å². The van der Waals surface area contributed by atoms with Crippen LogP contribution < -0.4 is 0 Å². The Morgan fingerprint density at radius 2 is 1.95 bits per heavy atom. The topological polar surface area (TPSA) is 53.5 Å². The largest absolute Gasteiger partial charge is 0.341 e. The summed E-state index contributed by atoms with van der Waals surface area (Å²) in [6.45, 7) is 4.32. The maximum absolute atomic E-state index is 12.4. The van der Waals surface area contributed by atoms with Gasteiger partial charge in [-0.25, -0.2) is 0 Å². The first kappa shape index (κ1) is 14.8. The quantitative estimate of drug-likeness (QED) is 0.836. The van der Waals surface area contributed by atoms with Crippen molar-refractivity contribution in [1.82, 2.24) is 14.8 Å². The SMILES string of the molecule is CCC(=O)N1CCCN(C(=O)c2cc(Cl)ccn2)CC1. The van der Waals surface area contributed by atoms with E-state index in [-0.39, 0.29) is 11.8 Å². The van der Waals surface area contributed by atoms with E-state index in [1.165, 1.54) is 6.20 Å². The minimum Gasteiger partial charge on any atom is -0.341 e. The number of nitrogens with zero attached hydrogens (tertiary/aromatic N) is 3. The summed E-state index contributed by atoms with van der Waals surface area (Å²) >= 11 is 5.88. The summed E-state index contributed by atoms with van der Waals surface area (Å²) in [5, 5.41) is 0.501. The van der Waals surface area contributed by atoms with Crippen LogP contribution in [0.2, 0.25) is 5.02 Å². The summed E-state index contributed by atoms with van der Waals surface area (Å²) < 4.78 is 0. The number of pyridine rings is 1. The van der Waals surface area contributed by atoms with Gasteiger partial charge in [0.25, 0.3) is 5.91 Å². The predicted octanol–water partition coefficient (Wildman–Crippen LogP) is 1.82. The molecule has 2 amide bonds.